The van der Waals surface area contributed by atoms with Crippen molar-refractivity contribution in [3.8, 4) is 11.5 Å². The van der Waals surface area contributed by atoms with E-state index in [0.29, 0.717) is 17.2 Å². The number of aromatic nitrogens is 1. The van der Waals surface area contributed by atoms with Gasteiger partial charge in [-0.15, -0.1) is 0 Å². The maximum atomic E-state index is 12.6. The first-order valence-corrected chi connectivity index (χ1v) is 10.6. The van der Waals surface area contributed by atoms with Gasteiger partial charge in [0.2, 0.25) is 15.9 Å². The monoisotopic (exact) mass is 421 g/mol. The van der Waals surface area contributed by atoms with Crippen LogP contribution in [0.5, 0.6) is 0 Å². The Morgan fingerprint density at radius 1 is 0.967 bits per heavy atom. The number of para-hydroxylation sites is 2. The molecule has 1 aromatic heterocycles. The zero-order valence-corrected chi connectivity index (χ0v) is 17.2. The third-order valence-corrected chi connectivity index (χ3v) is 6.37. The maximum absolute atomic E-state index is 12.6. The number of oxazole rings is 1. The van der Waals surface area contributed by atoms with Crippen molar-refractivity contribution in [2.45, 2.75) is 4.90 Å². The fourth-order valence-electron chi connectivity index (χ4n) is 2.90. The molecule has 1 N–H and O–H groups in total. The summed E-state index contributed by atoms with van der Waals surface area (Å²) in [6.07, 6.45) is 0. The molecule has 1 amide bonds. The molecule has 0 fully saturated rings. The number of benzene rings is 3. The third-order valence-electron chi connectivity index (χ3n) is 4.56. The molecule has 0 aliphatic carbocycles. The molecule has 0 aliphatic rings. The van der Waals surface area contributed by atoms with Crippen LogP contribution >= 0.6 is 0 Å². The van der Waals surface area contributed by atoms with E-state index in [0.717, 1.165) is 15.4 Å². The average Bonchev–Trinajstić information content (AvgIpc) is 3.18. The first-order chi connectivity index (χ1) is 14.3. The summed E-state index contributed by atoms with van der Waals surface area (Å²) < 4.78 is 31.4. The van der Waals surface area contributed by atoms with Crippen LogP contribution in [0.3, 0.4) is 0 Å². The Labute approximate surface area is 174 Å². The lowest BCUT2D eigenvalue weighted by Crippen LogP contribution is -2.22. The zero-order valence-electron chi connectivity index (χ0n) is 16.4. The molecule has 4 aromatic rings. The minimum Gasteiger partial charge on any atom is -0.436 e. The van der Waals surface area contributed by atoms with Crippen molar-refractivity contribution >= 4 is 32.7 Å². The first-order valence-electron chi connectivity index (χ1n) is 9.14. The molecule has 3 aromatic carbocycles. The van der Waals surface area contributed by atoms with Crippen molar-refractivity contribution in [3.05, 3.63) is 78.4 Å². The zero-order chi connectivity index (χ0) is 21.3. The molecule has 0 saturated heterocycles. The number of carbonyl (C=O) groups excluding carboxylic acids is 1. The summed E-state index contributed by atoms with van der Waals surface area (Å²) in [5.74, 6) is 0.0936. The van der Waals surface area contributed by atoms with Crippen LogP contribution in [0.15, 0.2) is 82.1 Å². The van der Waals surface area contributed by atoms with Gasteiger partial charge in [-0.1, -0.05) is 18.2 Å². The highest BCUT2D eigenvalue weighted by atomic mass is 32.2. The smallest absolute Gasteiger partial charge is 0.255 e. The Morgan fingerprint density at radius 3 is 2.40 bits per heavy atom. The van der Waals surface area contributed by atoms with E-state index in [1.807, 2.05) is 24.3 Å². The molecule has 152 valence electrons. The van der Waals surface area contributed by atoms with Crippen LogP contribution in [0, 0.1) is 0 Å². The van der Waals surface area contributed by atoms with Crippen LogP contribution in [0.1, 0.15) is 10.4 Å². The topological polar surface area (TPSA) is 92.5 Å². The predicted octanol–water partition coefficient (Wildman–Crippen LogP) is 4.00. The quantitative estimate of drug-likeness (QED) is 0.526. The Morgan fingerprint density at radius 2 is 1.70 bits per heavy atom. The Bertz CT molecular complexity index is 1290. The highest BCUT2D eigenvalue weighted by Crippen LogP contribution is 2.25. The lowest BCUT2D eigenvalue weighted by molar-refractivity contribution is 0.102. The summed E-state index contributed by atoms with van der Waals surface area (Å²) >= 11 is 0. The molecule has 0 aliphatic heterocycles. The van der Waals surface area contributed by atoms with Gasteiger partial charge in [0.1, 0.15) is 5.52 Å². The SMILES string of the molecule is CN(C)S(=O)(=O)c1cccc(C(=O)Nc2ccc(-c3nc4ccccc4o3)cc2)c1. The Kier molecular flexibility index (Phi) is 5.11. The van der Waals surface area contributed by atoms with Gasteiger partial charge in [-0.25, -0.2) is 17.7 Å². The molecule has 8 heteroatoms. The molecule has 0 spiro atoms. The molecular weight excluding hydrogens is 402 g/mol. The summed E-state index contributed by atoms with van der Waals surface area (Å²) in [4.78, 5) is 17.1. The highest BCUT2D eigenvalue weighted by Gasteiger charge is 2.19. The minimum atomic E-state index is -3.62. The molecule has 0 saturated carbocycles. The molecule has 1 heterocycles. The van der Waals surface area contributed by atoms with Crippen LogP contribution in [0.2, 0.25) is 0 Å². The second-order valence-corrected chi connectivity index (χ2v) is 8.99. The molecule has 4 rings (SSSR count). The number of anilines is 1. The molecule has 0 unspecified atom stereocenters. The van der Waals surface area contributed by atoms with Crippen molar-refractivity contribution < 1.29 is 17.6 Å². The number of hydrogen-bond acceptors (Lipinski definition) is 5. The number of hydrogen-bond donors (Lipinski definition) is 1. The van der Waals surface area contributed by atoms with Gasteiger partial charge in [-0.3, -0.25) is 4.79 Å². The number of amides is 1. The molecule has 7 nitrogen and oxygen atoms in total. The van der Waals surface area contributed by atoms with Gasteiger partial charge in [0.05, 0.1) is 4.90 Å². The lowest BCUT2D eigenvalue weighted by atomic mass is 10.2. The van der Waals surface area contributed by atoms with E-state index in [1.54, 1.807) is 36.4 Å². The van der Waals surface area contributed by atoms with E-state index < -0.39 is 15.9 Å². The number of nitrogens with zero attached hydrogens (tertiary/aromatic N) is 2. The summed E-state index contributed by atoms with van der Waals surface area (Å²) in [5.41, 5.74) is 3.08. The standard InChI is InChI=1S/C22H19N3O4S/c1-25(2)30(27,28)18-7-5-6-16(14-18)21(26)23-17-12-10-15(11-13-17)22-24-19-8-3-4-9-20(19)29-22/h3-14H,1-2H3,(H,23,26). The summed E-state index contributed by atoms with van der Waals surface area (Å²) in [5, 5.41) is 2.77. The van der Waals surface area contributed by atoms with Gasteiger partial charge < -0.3 is 9.73 Å². The molecule has 0 radical (unpaired) electrons. The van der Waals surface area contributed by atoms with Crippen molar-refractivity contribution in [1.29, 1.82) is 0 Å². The number of rotatable bonds is 5. The van der Waals surface area contributed by atoms with Crippen LogP contribution < -0.4 is 5.32 Å². The Balaban J connectivity index is 1.53. The van der Waals surface area contributed by atoms with Gasteiger partial charge in [0, 0.05) is 30.9 Å². The second-order valence-electron chi connectivity index (χ2n) is 6.83. The second kappa shape index (κ2) is 7.74. The van der Waals surface area contributed by atoms with E-state index >= 15 is 0 Å². The largest absolute Gasteiger partial charge is 0.436 e. The summed E-state index contributed by atoms with van der Waals surface area (Å²) in [6, 6.07) is 20.5. The molecule has 0 bridgehead atoms. The summed E-state index contributed by atoms with van der Waals surface area (Å²) in [6.45, 7) is 0. The first kappa shape index (κ1) is 19.8. The van der Waals surface area contributed by atoms with Crippen LogP contribution in [0.4, 0.5) is 5.69 Å². The van der Waals surface area contributed by atoms with Crippen molar-refractivity contribution in [3.63, 3.8) is 0 Å². The maximum Gasteiger partial charge on any atom is 0.255 e. The van der Waals surface area contributed by atoms with Crippen LogP contribution in [-0.4, -0.2) is 37.7 Å². The molecule has 30 heavy (non-hydrogen) atoms. The lowest BCUT2D eigenvalue weighted by Gasteiger charge is -2.12. The average molecular weight is 421 g/mol. The number of nitrogens with one attached hydrogen (secondary N) is 1. The van der Waals surface area contributed by atoms with E-state index in [9.17, 15) is 13.2 Å². The van der Waals surface area contributed by atoms with Gasteiger partial charge in [0.25, 0.3) is 5.91 Å². The minimum absolute atomic E-state index is 0.0615. The normalized spacial score (nSPS) is 11.7. The van der Waals surface area contributed by atoms with Crippen LogP contribution in [0.25, 0.3) is 22.6 Å². The van der Waals surface area contributed by atoms with Gasteiger partial charge in [-0.05, 0) is 54.6 Å². The number of carbonyl (C=O) groups is 1. The summed E-state index contributed by atoms with van der Waals surface area (Å²) in [7, 11) is -0.727. The van der Waals surface area contributed by atoms with Crippen LogP contribution in [-0.2, 0) is 10.0 Å². The van der Waals surface area contributed by atoms with Gasteiger partial charge >= 0.3 is 0 Å². The van der Waals surface area contributed by atoms with E-state index in [4.69, 9.17) is 4.42 Å². The van der Waals surface area contributed by atoms with E-state index in [-0.39, 0.29) is 10.5 Å². The van der Waals surface area contributed by atoms with E-state index in [1.165, 1.54) is 26.2 Å². The van der Waals surface area contributed by atoms with Gasteiger partial charge in [0.15, 0.2) is 5.58 Å². The molecular formula is C22H19N3O4S. The fourth-order valence-corrected chi connectivity index (χ4v) is 3.85. The van der Waals surface area contributed by atoms with Gasteiger partial charge in [-0.2, -0.15) is 0 Å². The fraction of sp³-hybridized carbons (Fsp3) is 0.0909. The molecule has 0 atom stereocenters. The third kappa shape index (κ3) is 3.83. The highest BCUT2D eigenvalue weighted by molar-refractivity contribution is 7.89. The van der Waals surface area contributed by atoms with E-state index in [2.05, 4.69) is 10.3 Å². The Hall–Kier alpha value is -3.49. The van der Waals surface area contributed by atoms with Crippen molar-refractivity contribution in [2.75, 3.05) is 19.4 Å². The number of fused-ring (bicyclic) bond motifs is 1. The predicted molar refractivity (Wildman–Crippen MR) is 115 cm³/mol. The number of sulfonamides is 1. The van der Waals surface area contributed by atoms with Crippen molar-refractivity contribution in [2.24, 2.45) is 0 Å². The van der Waals surface area contributed by atoms with Crippen molar-refractivity contribution in [1.82, 2.24) is 9.29 Å².